The number of rotatable bonds is 0. The Morgan fingerprint density at radius 1 is 0.786 bits per heavy atom. The fraction of sp³-hybridized carbons (Fsp3) is 0.762. The average Bonchev–Trinajstić information content (AvgIpc) is 3.12. The van der Waals surface area contributed by atoms with Crippen LogP contribution in [0.15, 0.2) is 16.9 Å². The van der Waals surface area contributed by atoms with Gasteiger partial charge >= 0.3 is 0 Å². The van der Waals surface area contributed by atoms with Crippen molar-refractivity contribution in [3.63, 3.8) is 0 Å². The van der Waals surface area contributed by atoms with E-state index >= 15 is 0 Å². The number of hydrogen-bond donors (Lipinski definition) is 2. The second kappa shape index (κ2) is 38.7. The molecule has 2 unspecified atom stereocenters. The molecule has 28 heavy (non-hydrogen) atoms. The summed E-state index contributed by atoms with van der Waals surface area (Å²) in [6.45, 7) is 28.7. The Morgan fingerprint density at radius 2 is 1.14 bits per heavy atom. The van der Waals surface area contributed by atoms with E-state index in [1.165, 1.54) is 17.4 Å². The fourth-order valence-corrected chi connectivity index (χ4v) is 1.52. The normalized spacial score (nSPS) is 16.6. The monoisotopic (exact) mass is 547 g/mol. The van der Waals surface area contributed by atoms with Gasteiger partial charge in [0.05, 0.1) is 0 Å². The van der Waals surface area contributed by atoms with Crippen LogP contribution < -0.4 is 10.7 Å². The van der Waals surface area contributed by atoms with Crippen molar-refractivity contribution < 1.29 is 68.3 Å². The maximum Gasteiger partial charge on any atom is 0 e. The van der Waals surface area contributed by atoms with Crippen molar-refractivity contribution in [2.45, 2.75) is 109 Å². The summed E-state index contributed by atoms with van der Waals surface area (Å²) in [6, 6.07) is 1.02. The molecule has 3 nitrogen and oxygen atoms in total. The first-order valence-electron chi connectivity index (χ1n) is 9.83. The smallest absolute Gasteiger partial charge is 0 e. The quantitative estimate of drug-likeness (QED) is 0.278. The zero-order valence-corrected chi connectivity index (χ0v) is 27.2. The van der Waals surface area contributed by atoms with Gasteiger partial charge in [0.1, 0.15) is 0 Å². The van der Waals surface area contributed by atoms with Gasteiger partial charge in [-0.2, -0.15) is 18.4 Å². The topological polar surface area (TPSA) is 36.4 Å². The molecule has 7 heteroatoms. The Morgan fingerprint density at radius 3 is 1.21 bits per heavy atom. The molecule has 2 aliphatic heterocycles. The van der Waals surface area contributed by atoms with Crippen molar-refractivity contribution in [2.75, 3.05) is 0 Å². The van der Waals surface area contributed by atoms with Crippen LogP contribution in [0.25, 0.3) is 0 Å². The Kier molecular flexibility index (Phi) is 71.3. The van der Waals surface area contributed by atoms with Gasteiger partial charge in [-0.25, -0.2) is 5.10 Å². The van der Waals surface area contributed by atoms with Crippen molar-refractivity contribution in [3.05, 3.63) is 23.6 Å². The van der Waals surface area contributed by atoms with Crippen molar-refractivity contribution in [2.24, 2.45) is 5.10 Å². The van der Waals surface area contributed by atoms with Crippen LogP contribution in [0.1, 0.15) is 99.8 Å². The molecule has 0 saturated heterocycles. The predicted molar refractivity (Wildman–Crippen MR) is 131 cm³/mol. The molecule has 0 amide bonds. The average molecular weight is 547 g/mol. The number of nitrogens with one attached hydrogen (secondary N) is 2. The molecule has 2 rings (SSSR count). The van der Waals surface area contributed by atoms with E-state index in [0.29, 0.717) is 12.1 Å². The third-order valence-electron chi connectivity index (χ3n) is 3.47. The van der Waals surface area contributed by atoms with Crippen molar-refractivity contribution in [1.29, 1.82) is 0 Å². The van der Waals surface area contributed by atoms with Crippen LogP contribution in [0.5, 0.6) is 0 Å². The van der Waals surface area contributed by atoms with E-state index in [9.17, 15) is 0 Å². The molecule has 8 radical (unpaired) electrons. The standard InChI is InChI=1S/C7H12N.C6H11N2.4C2H6.2B.2Y.2H2/c1-5-4-8-7(3)6(5)2;1-4-5(2)7-8-6(4)3;4*1-2;;;;;;/h4,7-8H,1-3H3;5,7H,1-3H3;4*1-2H3;;;;;2*1H/q2*-1;;;;;;;;;;/i;;;;;;;;;;2*1+1. The molecule has 2 heterocycles. The summed E-state index contributed by atoms with van der Waals surface area (Å²) in [5.74, 6) is 2.81. The largest absolute Gasteiger partial charge is 0.476 e. The molecule has 0 saturated carbocycles. The first-order chi connectivity index (χ1) is 11.4. The molecular weight excluding hydrogens is 494 g/mol. The molecule has 164 valence electrons. The van der Waals surface area contributed by atoms with Gasteiger partial charge in [-0.1, -0.05) is 94.8 Å². The molecule has 2 N–H and O–H groups in total. The molecule has 0 aromatic heterocycles. The summed E-state index contributed by atoms with van der Waals surface area (Å²) < 4.78 is 0. The molecule has 0 bridgehead atoms. The fourth-order valence-electron chi connectivity index (χ4n) is 1.52. The van der Waals surface area contributed by atoms with Crippen LogP contribution in [0.3, 0.4) is 0 Å². The van der Waals surface area contributed by atoms with Crippen molar-refractivity contribution in [3.8, 4) is 0 Å². The molecule has 2 aliphatic rings. The van der Waals surface area contributed by atoms with Gasteiger partial charge < -0.3 is 16.7 Å². The molecule has 0 aromatic rings. The minimum Gasteiger partial charge on any atom is -0.476 e. The van der Waals surface area contributed by atoms with E-state index in [1.54, 1.807) is 0 Å². The summed E-state index contributed by atoms with van der Waals surface area (Å²) >= 11 is 0. The van der Waals surface area contributed by atoms with Crippen LogP contribution in [0.2, 0.25) is 0 Å². The maximum absolute atomic E-state index is 4.03. The van der Waals surface area contributed by atoms with Crippen LogP contribution in [0, 0.1) is 11.8 Å². The summed E-state index contributed by atoms with van der Waals surface area (Å²) in [5, 5.41) is 7.25. The predicted octanol–water partition coefficient (Wildman–Crippen LogP) is 6.25. The number of nitrogens with zero attached hydrogens (tertiary/aromatic N) is 1. The Hall–Kier alpha value is 1.09. The van der Waals surface area contributed by atoms with E-state index in [4.69, 9.17) is 0 Å². The zero-order chi connectivity index (χ0) is 20.3. The second-order valence-corrected chi connectivity index (χ2v) is 4.63. The zero-order valence-electron chi connectivity index (χ0n) is 21.5. The molecule has 0 spiro atoms. The molecule has 0 fully saturated rings. The van der Waals surface area contributed by atoms with Crippen molar-refractivity contribution in [1.82, 2.24) is 10.7 Å². The molecule has 0 aliphatic carbocycles. The Labute approximate surface area is 237 Å². The van der Waals surface area contributed by atoms with Gasteiger partial charge in [0.25, 0.3) is 0 Å². The van der Waals surface area contributed by atoms with E-state index in [2.05, 4.69) is 56.7 Å². The summed E-state index contributed by atoms with van der Waals surface area (Å²) in [6.07, 6.45) is 2.07. The van der Waals surface area contributed by atoms with Gasteiger partial charge in [0.2, 0.25) is 0 Å². The van der Waals surface area contributed by atoms with E-state index in [1.807, 2.05) is 62.3 Å². The Balaban J connectivity index is -0.0000000218. The maximum atomic E-state index is 4.03. The number of hydrogen-bond acceptors (Lipinski definition) is 3. The van der Waals surface area contributed by atoms with Crippen LogP contribution in [-0.2, 0) is 65.4 Å². The van der Waals surface area contributed by atoms with Gasteiger partial charge in [0, 0.05) is 85.1 Å². The third kappa shape index (κ3) is 25.1. The minimum absolute atomic E-state index is 0. The van der Waals surface area contributed by atoms with Crippen LogP contribution in [0.4, 0.5) is 0 Å². The van der Waals surface area contributed by atoms with Crippen LogP contribution in [-0.4, -0.2) is 34.6 Å². The summed E-state index contributed by atoms with van der Waals surface area (Å²) in [4.78, 5) is 0. The van der Waals surface area contributed by atoms with Gasteiger partial charge in [0.15, 0.2) is 0 Å². The van der Waals surface area contributed by atoms with Gasteiger partial charge in [-0.05, 0) is 6.04 Å². The SMILES string of the molecule is CC.CC.CC.CC.CC1=CNC(C)[C-]1C.CC1=NNC(C)[C-]1C.[2HH].[2HH].[B].[B].[Y].[Y]. The third-order valence-corrected chi connectivity index (χ3v) is 3.47. The van der Waals surface area contributed by atoms with Crippen molar-refractivity contribution >= 4 is 22.5 Å². The van der Waals surface area contributed by atoms with Crippen LogP contribution >= 0.6 is 0 Å². The Bertz CT molecular complexity index is 297. The van der Waals surface area contributed by atoms with E-state index in [-0.39, 0.29) is 85.1 Å². The molecule has 0 aromatic carbocycles. The van der Waals surface area contributed by atoms with Gasteiger partial charge in [-0.15, -0.1) is 13.1 Å². The summed E-state index contributed by atoms with van der Waals surface area (Å²) in [5.41, 5.74) is 5.49. The second-order valence-electron chi connectivity index (χ2n) is 4.63. The molecule has 2 atom stereocenters. The first kappa shape index (κ1) is 51.6. The minimum atomic E-state index is 0. The van der Waals surface area contributed by atoms with E-state index < -0.39 is 0 Å². The summed E-state index contributed by atoms with van der Waals surface area (Å²) in [7, 11) is 0. The van der Waals surface area contributed by atoms with E-state index in [0.717, 1.165) is 5.71 Å². The number of hydrazone groups is 1. The molecular formula is C21H51B2N3Y2-2. The van der Waals surface area contributed by atoms with Gasteiger partial charge in [-0.3, -0.25) is 0 Å². The first-order valence-corrected chi connectivity index (χ1v) is 9.83.